The number of aliphatic imine (C=N–C) groups is 1. The van der Waals surface area contributed by atoms with Crippen molar-refractivity contribution in [3.8, 4) is 0 Å². The first kappa shape index (κ1) is 19.0. The van der Waals surface area contributed by atoms with E-state index >= 15 is 0 Å². The SMILES string of the molecule is CCCCC(CCCC)(C1=N[C@@H](C(C)(C)C)CO1)c1ccccn1. The third-order valence-electron chi connectivity index (χ3n) is 5.13. The molecule has 3 heteroatoms. The lowest BCUT2D eigenvalue weighted by Gasteiger charge is -2.32. The number of nitrogens with zero attached hydrogens (tertiary/aromatic N) is 2. The quantitative estimate of drug-likeness (QED) is 0.627. The van der Waals surface area contributed by atoms with Crippen molar-refractivity contribution in [2.45, 2.75) is 84.6 Å². The molecule has 0 saturated heterocycles. The molecule has 3 nitrogen and oxygen atoms in total. The van der Waals surface area contributed by atoms with Gasteiger partial charge in [0.05, 0.1) is 17.2 Å². The fourth-order valence-electron chi connectivity index (χ4n) is 3.39. The molecule has 2 rings (SSSR count). The van der Waals surface area contributed by atoms with Crippen molar-refractivity contribution < 1.29 is 4.74 Å². The second-order valence-electron chi connectivity index (χ2n) is 8.13. The van der Waals surface area contributed by atoms with Crippen LogP contribution in [0, 0.1) is 5.41 Å². The molecule has 1 aromatic rings. The molecule has 24 heavy (non-hydrogen) atoms. The van der Waals surface area contributed by atoms with E-state index in [0.717, 1.165) is 24.4 Å². The maximum Gasteiger partial charge on any atom is 0.196 e. The molecule has 0 spiro atoms. The number of aromatic nitrogens is 1. The number of unbranched alkanes of at least 4 members (excludes halogenated alkanes) is 2. The number of hydrogen-bond donors (Lipinski definition) is 0. The van der Waals surface area contributed by atoms with E-state index in [-0.39, 0.29) is 16.9 Å². The summed E-state index contributed by atoms with van der Waals surface area (Å²) in [6, 6.07) is 6.47. The molecule has 134 valence electrons. The van der Waals surface area contributed by atoms with Gasteiger partial charge in [-0.1, -0.05) is 66.4 Å². The summed E-state index contributed by atoms with van der Waals surface area (Å²) in [5.74, 6) is 0.933. The smallest absolute Gasteiger partial charge is 0.196 e. The zero-order valence-electron chi connectivity index (χ0n) is 16.1. The summed E-state index contributed by atoms with van der Waals surface area (Å²) in [5.41, 5.74) is 1.10. The Morgan fingerprint density at radius 1 is 1.08 bits per heavy atom. The minimum Gasteiger partial charge on any atom is -0.478 e. The monoisotopic (exact) mass is 330 g/mol. The summed E-state index contributed by atoms with van der Waals surface area (Å²) < 4.78 is 6.22. The zero-order valence-corrected chi connectivity index (χ0v) is 16.1. The van der Waals surface area contributed by atoms with Crippen LogP contribution in [0.25, 0.3) is 0 Å². The number of ether oxygens (including phenoxy) is 1. The maximum atomic E-state index is 6.22. The molecular weight excluding hydrogens is 296 g/mol. The molecule has 1 aliphatic rings. The average Bonchev–Trinajstić information content (AvgIpc) is 3.07. The van der Waals surface area contributed by atoms with Gasteiger partial charge in [0.1, 0.15) is 6.61 Å². The maximum absolute atomic E-state index is 6.22. The molecule has 1 aliphatic heterocycles. The second kappa shape index (κ2) is 8.13. The highest BCUT2D eigenvalue weighted by Gasteiger charge is 2.44. The van der Waals surface area contributed by atoms with E-state index in [2.05, 4.69) is 46.8 Å². The molecule has 0 bridgehead atoms. The molecule has 0 amide bonds. The molecule has 0 radical (unpaired) electrons. The van der Waals surface area contributed by atoms with Crippen LogP contribution in [0.3, 0.4) is 0 Å². The van der Waals surface area contributed by atoms with Crippen molar-refractivity contribution in [1.82, 2.24) is 4.98 Å². The Balaban J connectivity index is 2.44. The van der Waals surface area contributed by atoms with Crippen LogP contribution in [0.2, 0.25) is 0 Å². The molecule has 2 heterocycles. The predicted octanol–water partition coefficient (Wildman–Crippen LogP) is 5.54. The summed E-state index contributed by atoms with van der Waals surface area (Å²) in [7, 11) is 0. The molecule has 0 aliphatic carbocycles. The van der Waals surface area contributed by atoms with Crippen LogP contribution in [-0.2, 0) is 10.2 Å². The summed E-state index contributed by atoms with van der Waals surface area (Å²) in [6.07, 6.45) is 8.73. The molecule has 1 aromatic heterocycles. The Morgan fingerprint density at radius 3 is 2.21 bits per heavy atom. The standard InChI is InChI=1S/C21H34N2O/c1-6-8-13-21(14-9-7-2,17-12-10-11-15-22-17)19-23-18(16-24-19)20(3,4)5/h10-12,15,18H,6-9,13-14,16H2,1-5H3/t18-/m1/s1. The average molecular weight is 331 g/mol. The van der Waals surface area contributed by atoms with Crippen LogP contribution >= 0.6 is 0 Å². The van der Waals surface area contributed by atoms with Crippen LogP contribution in [0.1, 0.15) is 78.8 Å². The van der Waals surface area contributed by atoms with Gasteiger partial charge in [0.25, 0.3) is 0 Å². The third kappa shape index (κ3) is 4.17. The van der Waals surface area contributed by atoms with Crippen LogP contribution in [0.5, 0.6) is 0 Å². The molecular formula is C21H34N2O. The van der Waals surface area contributed by atoms with Gasteiger partial charge in [-0.3, -0.25) is 4.98 Å². The Labute approximate surface area is 147 Å². The summed E-state index contributed by atoms with van der Waals surface area (Å²) >= 11 is 0. The van der Waals surface area contributed by atoms with Crippen molar-refractivity contribution in [3.63, 3.8) is 0 Å². The Hall–Kier alpha value is -1.38. The summed E-state index contributed by atoms with van der Waals surface area (Å²) in [6.45, 7) is 11.9. The lowest BCUT2D eigenvalue weighted by molar-refractivity contribution is 0.220. The number of rotatable bonds is 8. The van der Waals surface area contributed by atoms with Gasteiger partial charge in [-0.15, -0.1) is 0 Å². The highest BCUT2D eigenvalue weighted by molar-refractivity contribution is 5.89. The Morgan fingerprint density at radius 2 is 1.75 bits per heavy atom. The van der Waals surface area contributed by atoms with Gasteiger partial charge in [0.2, 0.25) is 0 Å². The highest BCUT2D eigenvalue weighted by atomic mass is 16.5. The third-order valence-corrected chi connectivity index (χ3v) is 5.13. The molecule has 0 aromatic carbocycles. The zero-order chi connectivity index (χ0) is 17.6. The second-order valence-corrected chi connectivity index (χ2v) is 8.13. The molecule has 1 atom stereocenters. The van der Waals surface area contributed by atoms with Gasteiger partial charge in [-0.25, -0.2) is 4.99 Å². The summed E-state index contributed by atoms with van der Waals surface area (Å²) in [4.78, 5) is 9.80. The lowest BCUT2D eigenvalue weighted by atomic mass is 9.74. The van der Waals surface area contributed by atoms with Gasteiger partial charge in [0, 0.05) is 6.20 Å². The van der Waals surface area contributed by atoms with Gasteiger partial charge in [0.15, 0.2) is 5.90 Å². The minimum atomic E-state index is -0.159. The first-order valence-electron chi connectivity index (χ1n) is 9.56. The highest BCUT2D eigenvalue weighted by Crippen LogP contribution is 2.40. The molecule has 0 unspecified atom stereocenters. The lowest BCUT2D eigenvalue weighted by Crippen LogP contribution is -2.37. The van der Waals surface area contributed by atoms with Gasteiger partial charge in [-0.2, -0.15) is 0 Å². The predicted molar refractivity (Wildman–Crippen MR) is 102 cm³/mol. The van der Waals surface area contributed by atoms with Crippen molar-refractivity contribution in [2.75, 3.05) is 6.61 Å². The minimum absolute atomic E-state index is 0.132. The van der Waals surface area contributed by atoms with Crippen molar-refractivity contribution >= 4 is 5.90 Å². The van der Waals surface area contributed by atoms with Gasteiger partial charge >= 0.3 is 0 Å². The first-order valence-corrected chi connectivity index (χ1v) is 9.56. The largest absolute Gasteiger partial charge is 0.478 e. The fraction of sp³-hybridized carbons (Fsp3) is 0.714. The van der Waals surface area contributed by atoms with E-state index in [1.165, 1.54) is 25.7 Å². The topological polar surface area (TPSA) is 34.5 Å². The van der Waals surface area contributed by atoms with Gasteiger partial charge < -0.3 is 4.74 Å². The normalized spacial score (nSPS) is 18.4. The van der Waals surface area contributed by atoms with Crippen LogP contribution in [-0.4, -0.2) is 23.5 Å². The van der Waals surface area contributed by atoms with Crippen LogP contribution < -0.4 is 0 Å². The van der Waals surface area contributed by atoms with Crippen LogP contribution in [0.4, 0.5) is 0 Å². The van der Waals surface area contributed by atoms with Crippen molar-refractivity contribution in [1.29, 1.82) is 0 Å². The van der Waals surface area contributed by atoms with E-state index < -0.39 is 0 Å². The first-order chi connectivity index (χ1) is 11.4. The van der Waals surface area contributed by atoms with Crippen molar-refractivity contribution in [2.24, 2.45) is 10.4 Å². The molecule has 0 N–H and O–H groups in total. The van der Waals surface area contributed by atoms with Crippen molar-refractivity contribution in [3.05, 3.63) is 30.1 Å². The van der Waals surface area contributed by atoms with Gasteiger partial charge in [-0.05, 0) is 30.4 Å². The molecule has 0 saturated carbocycles. The van der Waals surface area contributed by atoms with Crippen LogP contribution in [0.15, 0.2) is 29.4 Å². The van der Waals surface area contributed by atoms with E-state index in [9.17, 15) is 0 Å². The Bertz CT molecular complexity index is 523. The summed E-state index contributed by atoms with van der Waals surface area (Å²) in [5, 5.41) is 0. The van der Waals surface area contributed by atoms with E-state index in [4.69, 9.17) is 14.7 Å². The number of hydrogen-bond acceptors (Lipinski definition) is 3. The van der Waals surface area contributed by atoms with E-state index in [1.807, 2.05) is 12.3 Å². The fourth-order valence-corrected chi connectivity index (χ4v) is 3.39. The number of pyridine rings is 1. The Kier molecular flexibility index (Phi) is 6.42. The molecule has 0 fully saturated rings. The van der Waals surface area contributed by atoms with E-state index in [0.29, 0.717) is 6.61 Å². The van der Waals surface area contributed by atoms with E-state index in [1.54, 1.807) is 0 Å².